The van der Waals surface area contributed by atoms with Gasteiger partial charge >= 0.3 is 12.1 Å². The van der Waals surface area contributed by atoms with Crippen LogP contribution in [-0.2, 0) is 36.6 Å². The number of carbonyl (C=O) groups excluding carboxylic acids is 2. The van der Waals surface area contributed by atoms with E-state index in [4.69, 9.17) is 19.2 Å². The van der Waals surface area contributed by atoms with Crippen LogP contribution in [0.3, 0.4) is 0 Å². The van der Waals surface area contributed by atoms with Gasteiger partial charge in [-0.05, 0) is 68.9 Å². The Balaban J connectivity index is 1.20. The highest BCUT2D eigenvalue weighted by Crippen LogP contribution is 2.46. The Hall–Kier alpha value is -2.40. The van der Waals surface area contributed by atoms with E-state index in [2.05, 4.69) is 22.8 Å². The summed E-state index contributed by atoms with van der Waals surface area (Å²) < 4.78 is 57.0. The first-order valence-electron chi connectivity index (χ1n) is 13.1. The number of alkyl halides is 3. The lowest BCUT2D eigenvalue weighted by molar-refractivity contribution is -0.240. The molecular formula is C26H36F3N3O5. The Morgan fingerprint density at radius 1 is 1.27 bits per heavy atom. The lowest BCUT2D eigenvalue weighted by Gasteiger charge is -2.38. The number of esters is 1. The fraction of sp³-hybridized carbons (Fsp3) is 0.731. The summed E-state index contributed by atoms with van der Waals surface area (Å²) in [5, 5.41) is 5.64. The van der Waals surface area contributed by atoms with E-state index >= 15 is 0 Å². The molecule has 1 saturated heterocycles. The predicted molar refractivity (Wildman–Crippen MR) is 129 cm³/mol. The first-order chi connectivity index (χ1) is 17.7. The molecule has 1 unspecified atom stereocenters. The number of pyridine rings is 1. The summed E-state index contributed by atoms with van der Waals surface area (Å²) in [5.41, 5.74) is -0.215. The SMILES string of the molecule is COC(=O)C(CCOC1CC(CCc2ccc3c(n2)NCCC3)C1)NC(=O)C1(C(F)(F)F)CCOCC1. The normalized spacial score (nSPS) is 23.7. The molecule has 0 bridgehead atoms. The van der Waals surface area contributed by atoms with Crippen LogP contribution in [0.2, 0.25) is 0 Å². The zero-order chi connectivity index (χ0) is 26.5. The number of hydrogen-bond acceptors (Lipinski definition) is 7. The molecule has 0 aromatic carbocycles. The molecule has 1 atom stereocenters. The van der Waals surface area contributed by atoms with Gasteiger partial charge in [0.1, 0.15) is 17.3 Å². The number of fused-ring (bicyclic) bond motifs is 1. The zero-order valence-electron chi connectivity index (χ0n) is 21.2. The van der Waals surface area contributed by atoms with Crippen LogP contribution in [0.4, 0.5) is 19.0 Å². The van der Waals surface area contributed by atoms with Crippen LogP contribution in [-0.4, -0.2) is 68.7 Å². The van der Waals surface area contributed by atoms with E-state index in [1.807, 2.05) is 0 Å². The summed E-state index contributed by atoms with van der Waals surface area (Å²) >= 11 is 0. The van der Waals surface area contributed by atoms with Crippen LogP contribution in [0.5, 0.6) is 0 Å². The van der Waals surface area contributed by atoms with Crippen LogP contribution >= 0.6 is 0 Å². The summed E-state index contributed by atoms with van der Waals surface area (Å²) in [7, 11) is 1.14. The topological polar surface area (TPSA) is 98.8 Å². The van der Waals surface area contributed by atoms with E-state index in [0.717, 1.165) is 63.7 Å². The minimum atomic E-state index is -4.75. The lowest BCUT2D eigenvalue weighted by atomic mass is 9.78. The first-order valence-corrected chi connectivity index (χ1v) is 13.1. The molecule has 1 aromatic heterocycles. The van der Waals surface area contributed by atoms with Crippen LogP contribution in [0.25, 0.3) is 0 Å². The zero-order valence-corrected chi connectivity index (χ0v) is 21.2. The van der Waals surface area contributed by atoms with Crippen molar-refractivity contribution in [2.24, 2.45) is 11.3 Å². The maximum Gasteiger partial charge on any atom is 0.403 e. The molecule has 4 rings (SSSR count). The third-order valence-electron chi connectivity index (χ3n) is 7.83. The van der Waals surface area contributed by atoms with Gasteiger partial charge in [0, 0.05) is 38.5 Å². The second kappa shape index (κ2) is 12.0. The molecule has 37 heavy (non-hydrogen) atoms. The van der Waals surface area contributed by atoms with Crippen LogP contribution in [0.15, 0.2) is 12.1 Å². The average Bonchev–Trinajstić information content (AvgIpc) is 2.87. The van der Waals surface area contributed by atoms with Crippen molar-refractivity contribution in [1.29, 1.82) is 0 Å². The van der Waals surface area contributed by atoms with Gasteiger partial charge in [-0.25, -0.2) is 9.78 Å². The fourth-order valence-electron chi connectivity index (χ4n) is 5.31. The largest absolute Gasteiger partial charge is 0.467 e. The molecule has 2 fully saturated rings. The molecule has 0 spiro atoms. The summed E-state index contributed by atoms with van der Waals surface area (Å²) in [5.74, 6) is -0.482. The van der Waals surface area contributed by atoms with E-state index in [9.17, 15) is 22.8 Å². The van der Waals surface area contributed by atoms with Crippen LogP contribution in [0, 0.1) is 11.3 Å². The van der Waals surface area contributed by atoms with Gasteiger partial charge < -0.3 is 24.8 Å². The molecule has 1 saturated carbocycles. The van der Waals surface area contributed by atoms with Crippen LogP contribution in [0.1, 0.15) is 56.2 Å². The van der Waals surface area contributed by atoms with E-state index in [1.54, 1.807) is 0 Å². The number of nitrogens with one attached hydrogen (secondary N) is 2. The van der Waals surface area contributed by atoms with Crippen molar-refractivity contribution in [2.45, 2.75) is 76.1 Å². The predicted octanol–water partition coefficient (Wildman–Crippen LogP) is 3.57. The van der Waals surface area contributed by atoms with Gasteiger partial charge in [-0.1, -0.05) is 6.07 Å². The number of carbonyl (C=O) groups is 2. The van der Waals surface area contributed by atoms with Gasteiger partial charge in [0.2, 0.25) is 5.91 Å². The summed E-state index contributed by atoms with van der Waals surface area (Å²) in [4.78, 5) is 29.7. The quantitative estimate of drug-likeness (QED) is 0.449. The number of ether oxygens (including phenoxy) is 3. The van der Waals surface area contributed by atoms with Gasteiger partial charge in [-0.3, -0.25) is 4.79 Å². The minimum absolute atomic E-state index is 0.0363. The fourth-order valence-corrected chi connectivity index (χ4v) is 5.31. The standard InChI is InChI=1S/C26H36F3N3O5/c1-35-23(33)21(32-24(34)25(26(27,28)29)9-13-36-14-10-25)8-12-37-20-15-17(16-20)4-6-19-7-5-18-3-2-11-30-22(18)31-19/h5,7,17,20-21H,2-4,6,8-16H2,1H3,(H,30,31)(H,32,34). The third kappa shape index (κ3) is 6.54. The van der Waals surface area contributed by atoms with Crippen molar-refractivity contribution in [3.8, 4) is 0 Å². The highest BCUT2D eigenvalue weighted by Gasteiger charge is 2.60. The van der Waals surface area contributed by atoms with Gasteiger partial charge in [0.25, 0.3) is 0 Å². The van der Waals surface area contributed by atoms with Crippen molar-refractivity contribution in [3.05, 3.63) is 23.4 Å². The number of hydrogen-bond donors (Lipinski definition) is 2. The first kappa shape index (κ1) is 27.6. The van der Waals surface area contributed by atoms with Crippen molar-refractivity contribution < 1.29 is 37.0 Å². The highest BCUT2D eigenvalue weighted by atomic mass is 19.4. The Morgan fingerprint density at radius 3 is 2.73 bits per heavy atom. The van der Waals surface area contributed by atoms with Gasteiger partial charge in [0.15, 0.2) is 0 Å². The maximum atomic E-state index is 13.8. The molecule has 1 aliphatic carbocycles. The van der Waals surface area contributed by atoms with Gasteiger partial charge in [-0.2, -0.15) is 13.2 Å². The Bertz CT molecular complexity index is 946. The molecule has 11 heteroatoms. The van der Waals surface area contributed by atoms with Crippen LogP contribution < -0.4 is 10.6 Å². The molecule has 8 nitrogen and oxygen atoms in total. The number of methoxy groups -OCH3 is 1. The molecule has 2 aliphatic heterocycles. The lowest BCUT2D eigenvalue weighted by Crippen LogP contribution is -2.57. The molecule has 2 N–H and O–H groups in total. The van der Waals surface area contributed by atoms with E-state index in [0.29, 0.717) is 5.92 Å². The number of amides is 1. The molecule has 1 amide bonds. The van der Waals surface area contributed by atoms with E-state index < -0.39 is 42.4 Å². The summed E-state index contributed by atoms with van der Waals surface area (Å²) in [6, 6.07) is 3.05. The molecule has 1 aromatic rings. The minimum Gasteiger partial charge on any atom is -0.467 e. The monoisotopic (exact) mass is 527 g/mol. The maximum absolute atomic E-state index is 13.8. The highest BCUT2D eigenvalue weighted by molar-refractivity contribution is 5.88. The second-order valence-electron chi connectivity index (χ2n) is 10.2. The number of nitrogens with zero attached hydrogens (tertiary/aromatic N) is 1. The van der Waals surface area contributed by atoms with Crippen molar-refractivity contribution in [1.82, 2.24) is 10.3 Å². The van der Waals surface area contributed by atoms with E-state index in [1.165, 1.54) is 5.56 Å². The molecule has 3 aliphatic rings. The average molecular weight is 528 g/mol. The number of rotatable bonds is 10. The number of halogens is 3. The van der Waals surface area contributed by atoms with Crippen molar-refractivity contribution in [3.63, 3.8) is 0 Å². The number of aromatic nitrogens is 1. The number of anilines is 1. The Morgan fingerprint density at radius 2 is 2.03 bits per heavy atom. The molecule has 0 radical (unpaired) electrons. The molecule has 206 valence electrons. The molecule has 3 heterocycles. The number of aryl methyl sites for hydroxylation is 2. The Labute approximate surface area is 215 Å². The van der Waals surface area contributed by atoms with Crippen molar-refractivity contribution >= 4 is 17.7 Å². The van der Waals surface area contributed by atoms with Crippen molar-refractivity contribution in [2.75, 3.05) is 38.8 Å². The van der Waals surface area contributed by atoms with Gasteiger partial charge in [0.05, 0.1) is 13.2 Å². The summed E-state index contributed by atoms with van der Waals surface area (Å²) in [6.45, 7) is 0.768. The Kier molecular flexibility index (Phi) is 8.94. The molecular weight excluding hydrogens is 491 g/mol. The smallest absolute Gasteiger partial charge is 0.403 e. The summed E-state index contributed by atoms with van der Waals surface area (Å²) in [6.07, 6.45) is 0.246. The third-order valence-corrected chi connectivity index (χ3v) is 7.83. The second-order valence-corrected chi connectivity index (χ2v) is 10.2. The van der Waals surface area contributed by atoms with Gasteiger partial charge in [-0.15, -0.1) is 0 Å². The van der Waals surface area contributed by atoms with E-state index in [-0.39, 0.29) is 32.3 Å².